The van der Waals surface area contributed by atoms with Crippen LogP contribution in [-0.4, -0.2) is 45.6 Å². The van der Waals surface area contributed by atoms with Gasteiger partial charge in [0.1, 0.15) is 17.1 Å². The van der Waals surface area contributed by atoms with E-state index < -0.39 is 8.32 Å². The number of ether oxygens (including phenoxy) is 3. The molecule has 5 nitrogen and oxygen atoms in total. The van der Waals surface area contributed by atoms with Crippen molar-refractivity contribution >= 4 is 14.1 Å². The van der Waals surface area contributed by atoms with Crippen molar-refractivity contribution in [2.24, 2.45) is 11.8 Å². The molecule has 1 aliphatic carbocycles. The minimum atomic E-state index is -1.93. The molecule has 1 aromatic carbocycles. The van der Waals surface area contributed by atoms with Crippen molar-refractivity contribution in [2.45, 2.75) is 83.6 Å². The Kier molecular flexibility index (Phi) is 6.55. The molecule has 0 N–H and O–H groups in total. The third-order valence-corrected chi connectivity index (χ3v) is 12.0. The molecule has 0 amide bonds. The summed E-state index contributed by atoms with van der Waals surface area (Å²) in [5, 5.41) is 0.120. The van der Waals surface area contributed by atoms with E-state index in [1.807, 2.05) is 24.3 Å². The smallest absolute Gasteiger partial charge is 0.191 e. The molecule has 168 valence electrons. The summed E-state index contributed by atoms with van der Waals surface area (Å²) in [7, 11) is -0.274. The van der Waals surface area contributed by atoms with Gasteiger partial charge in [-0.05, 0) is 56.1 Å². The Labute approximate surface area is 182 Å². The second kappa shape index (κ2) is 8.38. The lowest BCUT2D eigenvalue weighted by Gasteiger charge is -2.42. The van der Waals surface area contributed by atoms with Crippen LogP contribution in [0.5, 0.6) is 5.75 Å². The molecule has 1 saturated heterocycles. The van der Waals surface area contributed by atoms with E-state index in [2.05, 4.69) is 40.8 Å². The van der Waals surface area contributed by atoms with Crippen molar-refractivity contribution in [3.8, 4) is 5.75 Å². The molecular formula is C24H38O5Si. The molecule has 2 aliphatic rings. The fourth-order valence-corrected chi connectivity index (χ4v) is 5.28. The van der Waals surface area contributed by atoms with Gasteiger partial charge >= 0.3 is 0 Å². The fourth-order valence-electron chi connectivity index (χ4n) is 4.24. The van der Waals surface area contributed by atoms with Crippen molar-refractivity contribution in [1.29, 1.82) is 0 Å². The van der Waals surface area contributed by atoms with Crippen LogP contribution in [0.2, 0.25) is 18.1 Å². The summed E-state index contributed by atoms with van der Waals surface area (Å²) >= 11 is 0. The van der Waals surface area contributed by atoms with Gasteiger partial charge in [0.05, 0.1) is 25.9 Å². The van der Waals surface area contributed by atoms with Gasteiger partial charge in [-0.15, -0.1) is 0 Å². The molecule has 0 radical (unpaired) electrons. The first-order valence-corrected chi connectivity index (χ1v) is 13.9. The highest BCUT2D eigenvalue weighted by Crippen LogP contribution is 2.54. The molecule has 0 aromatic heterocycles. The van der Waals surface area contributed by atoms with E-state index >= 15 is 0 Å². The molecule has 1 aliphatic heterocycles. The van der Waals surface area contributed by atoms with E-state index in [1.54, 1.807) is 14.0 Å². The molecule has 1 aromatic rings. The minimum Gasteiger partial charge on any atom is -0.497 e. The van der Waals surface area contributed by atoms with Gasteiger partial charge in [0.15, 0.2) is 8.32 Å². The number of hydrogen-bond acceptors (Lipinski definition) is 5. The van der Waals surface area contributed by atoms with Crippen LogP contribution < -0.4 is 4.74 Å². The monoisotopic (exact) mass is 434 g/mol. The van der Waals surface area contributed by atoms with Gasteiger partial charge in [-0.1, -0.05) is 32.9 Å². The fraction of sp³-hybridized carbons (Fsp3) is 0.708. The van der Waals surface area contributed by atoms with Crippen LogP contribution >= 0.6 is 0 Å². The van der Waals surface area contributed by atoms with Crippen molar-refractivity contribution in [1.82, 2.24) is 0 Å². The Morgan fingerprint density at radius 1 is 1.23 bits per heavy atom. The number of hydrogen-bond donors (Lipinski definition) is 0. The molecule has 30 heavy (non-hydrogen) atoms. The molecule has 0 bridgehead atoms. The summed E-state index contributed by atoms with van der Waals surface area (Å²) in [6.07, 6.45) is 0.688. The number of fused-ring (bicyclic) bond motifs is 1. The van der Waals surface area contributed by atoms with Crippen LogP contribution in [0.15, 0.2) is 24.3 Å². The van der Waals surface area contributed by atoms with Crippen molar-refractivity contribution in [2.75, 3.05) is 13.7 Å². The zero-order valence-corrected chi connectivity index (χ0v) is 20.8. The van der Waals surface area contributed by atoms with Gasteiger partial charge in [-0.3, -0.25) is 4.79 Å². The van der Waals surface area contributed by atoms with Gasteiger partial charge in [-0.2, -0.15) is 0 Å². The molecule has 0 unspecified atom stereocenters. The first-order valence-electron chi connectivity index (χ1n) is 11.0. The van der Waals surface area contributed by atoms with E-state index in [0.717, 1.165) is 17.7 Å². The third kappa shape index (κ3) is 4.67. The maximum atomic E-state index is 12.5. The van der Waals surface area contributed by atoms with Crippen LogP contribution in [0.3, 0.4) is 0 Å². The first kappa shape index (κ1) is 23.5. The van der Waals surface area contributed by atoms with Crippen LogP contribution in [0.25, 0.3) is 0 Å². The Bertz CT molecular complexity index is 754. The van der Waals surface area contributed by atoms with E-state index in [-0.39, 0.29) is 40.5 Å². The summed E-state index contributed by atoms with van der Waals surface area (Å²) in [4.78, 5) is 12.5. The van der Waals surface area contributed by atoms with Crippen LogP contribution in [-0.2, 0) is 25.3 Å². The van der Waals surface area contributed by atoms with Gasteiger partial charge < -0.3 is 18.6 Å². The topological polar surface area (TPSA) is 57.3 Å². The molecule has 1 saturated carbocycles. The number of methoxy groups -OCH3 is 1. The highest BCUT2D eigenvalue weighted by Gasteiger charge is 2.66. The molecule has 6 heteroatoms. The van der Waals surface area contributed by atoms with E-state index in [4.69, 9.17) is 18.6 Å². The van der Waals surface area contributed by atoms with Gasteiger partial charge in [0.25, 0.3) is 0 Å². The predicted molar refractivity (Wildman–Crippen MR) is 120 cm³/mol. The van der Waals surface area contributed by atoms with Crippen molar-refractivity contribution < 1.29 is 23.4 Å². The Hall–Kier alpha value is -1.21. The molecule has 1 heterocycles. The Morgan fingerprint density at radius 2 is 1.87 bits per heavy atom. The number of epoxide rings is 1. The lowest BCUT2D eigenvalue weighted by Crippen LogP contribution is -2.52. The molecule has 3 rings (SSSR count). The largest absolute Gasteiger partial charge is 0.497 e. The lowest BCUT2D eigenvalue weighted by atomic mass is 9.71. The van der Waals surface area contributed by atoms with Crippen LogP contribution in [0.1, 0.15) is 46.6 Å². The second-order valence-corrected chi connectivity index (χ2v) is 15.4. The number of carbonyl (C=O) groups excluding carboxylic acids is 1. The number of carbonyl (C=O) groups is 1. The number of rotatable bonds is 8. The minimum absolute atomic E-state index is 0.00127. The van der Waals surface area contributed by atoms with Crippen molar-refractivity contribution in [3.63, 3.8) is 0 Å². The summed E-state index contributed by atoms with van der Waals surface area (Å²) in [6, 6.07) is 7.90. The SMILES string of the molecule is COc1ccc(CO[C@@H]2[C@H](CO[Si](C)(C)C(C)(C)C)[C@@H](C(C)=O)C[C@@H]3O[C@@]32C)cc1. The van der Waals surface area contributed by atoms with Gasteiger partial charge in [0, 0.05) is 18.4 Å². The standard InChI is InChI=1S/C24H38O5Si/c1-16(25)19-13-21-24(5,29-21)22(20(19)15-28-30(7,8)23(2,3)4)27-14-17-9-11-18(26-6)12-10-17/h9-12,19-22H,13-15H2,1-8H3/t19-,20-,21+,22-,24+/m1/s1. The van der Waals surface area contributed by atoms with Crippen LogP contribution in [0.4, 0.5) is 0 Å². The van der Waals surface area contributed by atoms with Crippen LogP contribution in [0, 0.1) is 11.8 Å². The summed E-state index contributed by atoms with van der Waals surface area (Å²) in [5.74, 6) is 0.940. The number of ketones is 1. The molecule has 5 atom stereocenters. The van der Waals surface area contributed by atoms with E-state index in [1.165, 1.54) is 0 Å². The molecular weight excluding hydrogens is 396 g/mol. The zero-order valence-electron chi connectivity index (χ0n) is 19.8. The Balaban J connectivity index is 1.77. The average Bonchev–Trinajstić information content (AvgIpc) is 3.34. The van der Waals surface area contributed by atoms with E-state index in [0.29, 0.717) is 13.2 Å². The molecule has 2 fully saturated rings. The first-order chi connectivity index (χ1) is 13.9. The average molecular weight is 435 g/mol. The maximum Gasteiger partial charge on any atom is 0.191 e. The second-order valence-electron chi connectivity index (χ2n) is 10.6. The van der Waals surface area contributed by atoms with Crippen molar-refractivity contribution in [3.05, 3.63) is 29.8 Å². The highest BCUT2D eigenvalue weighted by molar-refractivity contribution is 6.74. The highest BCUT2D eigenvalue weighted by atomic mass is 28.4. The zero-order chi connectivity index (χ0) is 22.3. The predicted octanol–water partition coefficient (Wildman–Crippen LogP) is 4.98. The third-order valence-electron chi connectivity index (χ3n) is 7.47. The van der Waals surface area contributed by atoms with Gasteiger partial charge in [0.2, 0.25) is 0 Å². The summed E-state index contributed by atoms with van der Waals surface area (Å²) in [5.41, 5.74) is 0.741. The Morgan fingerprint density at radius 3 is 2.40 bits per heavy atom. The van der Waals surface area contributed by atoms with E-state index in [9.17, 15) is 4.79 Å². The normalized spacial score (nSPS) is 31.2. The summed E-state index contributed by atoms with van der Waals surface area (Å²) < 4.78 is 24.3. The quantitative estimate of drug-likeness (QED) is 0.426. The molecule has 0 spiro atoms. The lowest BCUT2D eigenvalue weighted by molar-refractivity contribution is -0.131. The number of benzene rings is 1. The number of Topliss-reactive ketones (excluding diaryl/α,β-unsaturated/α-hetero) is 1. The summed E-state index contributed by atoms with van der Waals surface area (Å²) in [6.45, 7) is 16.0. The van der Waals surface area contributed by atoms with Gasteiger partial charge in [-0.25, -0.2) is 0 Å². The maximum absolute atomic E-state index is 12.5.